The minimum atomic E-state index is -3.96. The lowest BCUT2D eigenvalue weighted by molar-refractivity contribution is -0.134. The van der Waals surface area contributed by atoms with Gasteiger partial charge in [-0.15, -0.1) is 0 Å². The van der Waals surface area contributed by atoms with Gasteiger partial charge in [0.2, 0.25) is 5.91 Å². The molecule has 0 unspecified atom stereocenters. The Morgan fingerprint density at radius 2 is 1.95 bits per heavy atom. The molecule has 4 rings (SSSR count). The largest absolute Gasteiger partial charge is 0.488 e. The Morgan fingerprint density at radius 1 is 1.22 bits per heavy atom. The SMILES string of the molecule is C[C@@H]1CN([C@@H](C)CO)C(=O)Cc2cc(NS(=O)(=O)c3cn(C)cn3)ccc2O[C@H]1CN(C)C(=O)Nc1ccccc1. The number of hydrogen-bond acceptors (Lipinski definition) is 7. The van der Waals surface area contributed by atoms with Gasteiger partial charge in [0.15, 0.2) is 5.03 Å². The first-order valence-corrected chi connectivity index (χ1v) is 14.7. The van der Waals surface area contributed by atoms with Gasteiger partial charge in [-0.25, -0.2) is 9.78 Å². The topological polar surface area (TPSA) is 146 Å². The molecule has 13 heteroatoms. The van der Waals surface area contributed by atoms with E-state index in [9.17, 15) is 23.1 Å². The standard InChI is InChI=1S/C28H36N6O6S/c1-19-14-34(20(2)17-35)27(36)13-21-12-23(31-41(38,39)26-16-32(3)18-29-26)10-11-24(21)40-25(19)15-33(4)28(37)30-22-8-6-5-7-9-22/h5-12,16,18-20,25,31,35H,13-15,17H2,1-4H3,(H,30,37)/t19-,20+,25+/m1/s1. The lowest BCUT2D eigenvalue weighted by Crippen LogP contribution is -2.48. The minimum absolute atomic E-state index is 0.0669. The van der Waals surface area contributed by atoms with Gasteiger partial charge in [0.25, 0.3) is 10.0 Å². The zero-order chi connectivity index (χ0) is 29.7. The van der Waals surface area contributed by atoms with E-state index in [0.29, 0.717) is 23.5 Å². The zero-order valence-electron chi connectivity index (χ0n) is 23.5. The molecule has 0 aliphatic carbocycles. The van der Waals surface area contributed by atoms with E-state index in [1.807, 2.05) is 25.1 Å². The number of aromatic nitrogens is 2. The number of benzene rings is 2. The van der Waals surface area contributed by atoms with Crippen LogP contribution in [0.4, 0.5) is 16.2 Å². The third-order valence-corrected chi connectivity index (χ3v) is 8.22. The molecule has 12 nitrogen and oxygen atoms in total. The van der Waals surface area contributed by atoms with E-state index in [1.54, 1.807) is 56.3 Å². The molecule has 1 aliphatic rings. The molecule has 0 saturated heterocycles. The van der Waals surface area contributed by atoms with E-state index in [-0.39, 0.29) is 48.1 Å². The second-order valence-corrected chi connectivity index (χ2v) is 12.0. The average Bonchev–Trinajstić information content (AvgIpc) is 3.40. The van der Waals surface area contributed by atoms with Crippen LogP contribution in [0.5, 0.6) is 5.75 Å². The van der Waals surface area contributed by atoms with Crippen LogP contribution in [0.2, 0.25) is 0 Å². The summed E-state index contributed by atoms with van der Waals surface area (Å²) in [4.78, 5) is 33.4. The Morgan fingerprint density at radius 3 is 2.61 bits per heavy atom. The van der Waals surface area contributed by atoms with Crippen molar-refractivity contribution in [2.24, 2.45) is 13.0 Å². The summed E-state index contributed by atoms with van der Waals surface area (Å²) in [5.41, 5.74) is 1.38. The van der Waals surface area contributed by atoms with Crippen LogP contribution in [0.1, 0.15) is 19.4 Å². The normalized spacial score (nSPS) is 18.3. The molecule has 41 heavy (non-hydrogen) atoms. The number of para-hydroxylation sites is 1. The van der Waals surface area contributed by atoms with Crippen LogP contribution in [0.3, 0.4) is 0 Å². The van der Waals surface area contributed by atoms with E-state index in [2.05, 4.69) is 15.0 Å². The fraction of sp³-hybridized carbons (Fsp3) is 0.393. The van der Waals surface area contributed by atoms with Gasteiger partial charge >= 0.3 is 6.03 Å². The van der Waals surface area contributed by atoms with Gasteiger partial charge in [0.1, 0.15) is 11.9 Å². The summed E-state index contributed by atoms with van der Waals surface area (Å²) in [6.07, 6.45) is 2.19. The molecule has 2 heterocycles. The van der Waals surface area contributed by atoms with E-state index in [4.69, 9.17) is 4.74 Å². The number of fused-ring (bicyclic) bond motifs is 1. The molecule has 1 aliphatic heterocycles. The van der Waals surface area contributed by atoms with Crippen LogP contribution in [0.25, 0.3) is 0 Å². The van der Waals surface area contributed by atoms with Gasteiger partial charge in [0, 0.05) is 49.7 Å². The van der Waals surface area contributed by atoms with Crippen molar-refractivity contribution in [1.82, 2.24) is 19.4 Å². The molecule has 1 aromatic heterocycles. The van der Waals surface area contributed by atoms with Gasteiger partial charge in [-0.3, -0.25) is 9.52 Å². The number of nitrogens with zero attached hydrogens (tertiary/aromatic N) is 4. The number of rotatable bonds is 8. The van der Waals surface area contributed by atoms with E-state index in [1.165, 1.54) is 22.0 Å². The molecule has 0 radical (unpaired) electrons. The summed E-state index contributed by atoms with van der Waals surface area (Å²) in [7, 11) is -0.625. The predicted molar refractivity (Wildman–Crippen MR) is 154 cm³/mol. The Labute approximate surface area is 240 Å². The monoisotopic (exact) mass is 584 g/mol. The van der Waals surface area contributed by atoms with Gasteiger partial charge in [-0.1, -0.05) is 25.1 Å². The molecule has 0 saturated carbocycles. The molecule has 0 fully saturated rings. The van der Waals surface area contributed by atoms with Crippen molar-refractivity contribution in [1.29, 1.82) is 0 Å². The lowest BCUT2D eigenvalue weighted by Gasteiger charge is -2.34. The number of urea groups is 1. The maximum absolute atomic E-state index is 13.4. The average molecular weight is 585 g/mol. The van der Waals surface area contributed by atoms with Gasteiger partial charge in [-0.05, 0) is 37.3 Å². The van der Waals surface area contributed by atoms with E-state index < -0.39 is 22.2 Å². The van der Waals surface area contributed by atoms with Crippen LogP contribution in [-0.4, -0.2) is 83.7 Å². The van der Waals surface area contributed by atoms with Crippen LogP contribution in [0.15, 0.2) is 66.1 Å². The number of imidazole rings is 1. The molecule has 3 aromatic rings. The maximum Gasteiger partial charge on any atom is 0.321 e. The number of aliphatic hydroxyl groups excluding tert-OH is 1. The number of aryl methyl sites for hydroxylation is 1. The molecule has 220 valence electrons. The van der Waals surface area contributed by atoms with E-state index >= 15 is 0 Å². The summed E-state index contributed by atoms with van der Waals surface area (Å²) < 4.78 is 36.2. The van der Waals surface area contributed by atoms with Crippen molar-refractivity contribution >= 4 is 33.3 Å². The number of ether oxygens (including phenoxy) is 1. The Hall–Kier alpha value is -4.10. The molecule has 3 atom stereocenters. The third kappa shape index (κ3) is 7.35. The lowest BCUT2D eigenvalue weighted by atomic mass is 10.0. The molecule has 0 bridgehead atoms. The van der Waals surface area contributed by atoms with Crippen molar-refractivity contribution < 1.29 is 27.9 Å². The minimum Gasteiger partial charge on any atom is -0.488 e. The number of hydrogen-bond donors (Lipinski definition) is 3. The number of likely N-dealkylation sites (N-methyl/N-ethyl adjacent to an activating group) is 1. The summed E-state index contributed by atoms with van der Waals surface area (Å²) in [5.74, 6) is -0.0385. The fourth-order valence-corrected chi connectivity index (χ4v) is 5.57. The second kappa shape index (κ2) is 12.6. The number of amides is 3. The number of sulfonamides is 1. The van der Waals surface area contributed by atoms with Crippen LogP contribution >= 0.6 is 0 Å². The van der Waals surface area contributed by atoms with Crippen molar-refractivity contribution in [3.63, 3.8) is 0 Å². The van der Waals surface area contributed by atoms with Crippen molar-refractivity contribution in [2.75, 3.05) is 36.8 Å². The number of carbonyl (C=O) groups excluding carboxylic acids is 2. The third-order valence-electron chi connectivity index (χ3n) is 6.95. The first-order valence-electron chi connectivity index (χ1n) is 13.2. The summed E-state index contributed by atoms with van der Waals surface area (Å²) in [6, 6.07) is 13.1. The highest BCUT2D eigenvalue weighted by atomic mass is 32.2. The first kappa shape index (κ1) is 29.9. The Balaban J connectivity index is 1.62. The highest BCUT2D eigenvalue weighted by molar-refractivity contribution is 7.92. The number of anilines is 2. The highest BCUT2D eigenvalue weighted by Crippen LogP contribution is 2.30. The summed E-state index contributed by atoms with van der Waals surface area (Å²) >= 11 is 0. The van der Waals surface area contributed by atoms with Gasteiger partial charge in [0.05, 0.1) is 31.9 Å². The Kier molecular flexibility index (Phi) is 9.18. The molecule has 0 spiro atoms. The van der Waals surface area contributed by atoms with Crippen LogP contribution < -0.4 is 14.8 Å². The predicted octanol–water partition coefficient (Wildman–Crippen LogP) is 2.53. The fourth-order valence-electron chi connectivity index (χ4n) is 4.54. The van der Waals surface area contributed by atoms with E-state index in [0.717, 1.165) is 0 Å². The molecular formula is C28H36N6O6S. The first-order chi connectivity index (χ1) is 19.5. The van der Waals surface area contributed by atoms with Crippen molar-refractivity contribution in [2.45, 2.75) is 37.4 Å². The zero-order valence-corrected chi connectivity index (χ0v) is 24.3. The van der Waals surface area contributed by atoms with Crippen molar-refractivity contribution in [3.05, 3.63) is 66.6 Å². The summed E-state index contributed by atoms with van der Waals surface area (Å²) in [5, 5.41) is 12.6. The van der Waals surface area contributed by atoms with Crippen LogP contribution in [0, 0.1) is 5.92 Å². The van der Waals surface area contributed by atoms with Gasteiger partial charge in [-0.2, -0.15) is 8.42 Å². The number of carbonyl (C=O) groups is 2. The Bertz CT molecular complexity index is 1480. The molecule has 2 aromatic carbocycles. The highest BCUT2D eigenvalue weighted by Gasteiger charge is 2.32. The van der Waals surface area contributed by atoms with Crippen molar-refractivity contribution in [3.8, 4) is 5.75 Å². The molecule has 3 amide bonds. The quantitative estimate of drug-likeness (QED) is 0.369. The molecule has 3 N–H and O–H groups in total. The smallest absolute Gasteiger partial charge is 0.321 e. The van der Waals surface area contributed by atoms with Gasteiger partial charge < -0.3 is 29.5 Å². The second-order valence-electron chi connectivity index (χ2n) is 10.4. The molecular weight excluding hydrogens is 548 g/mol. The summed E-state index contributed by atoms with van der Waals surface area (Å²) in [6.45, 7) is 3.98. The number of aliphatic hydroxyl groups is 1. The maximum atomic E-state index is 13.4. The number of nitrogens with one attached hydrogen (secondary N) is 2. The van der Waals surface area contributed by atoms with Crippen LogP contribution in [-0.2, 0) is 28.3 Å².